The molecule has 0 saturated heterocycles. The molecule has 31 heavy (non-hydrogen) atoms. The van der Waals surface area contributed by atoms with Crippen LogP contribution in [0.25, 0.3) is 0 Å². The van der Waals surface area contributed by atoms with Crippen molar-refractivity contribution in [1.82, 2.24) is 0 Å². The third kappa shape index (κ3) is 8.76. The van der Waals surface area contributed by atoms with E-state index >= 15 is 0 Å². The Morgan fingerprint density at radius 1 is 0.871 bits per heavy atom. The number of ether oxygens (including phenoxy) is 1. The Hall–Kier alpha value is -1.68. The summed E-state index contributed by atoms with van der Waals surface area (Å²) in [5.41, 5.74) is 1.43. The van der Waals surface area contributed by atoms with Crippen molar-refractivity contribution in [3.8, 4) is 17.6 Å². The predicted octanol–water partition coefficient (Wildman–Crippen LogP) is 8.38. The van der Waals surface area contributed by atoms with E-state index < -0.39 is 0 Å². The molecule has 170 valence electrons. The van der Waals surface area contributed by atoms with Gasteiger partial charge in [0.05, 0.1) is 6.61 Å². The quantitative estimate of drug-likeness (QED) is 0.288. The Morgan fingerprint density at radius 3 is 2.26 bits per heavy atom. The summed E-state index contributed by atoms with van der Waals surface area (Å²) in [4.78, 5) is 0. The third-order valence-corrected chi connectivity index (χ3v) is 7.53. The van der Waals surface area contributed by atoms with Crippen LogP contribution in [-0.4, -0.2) is 6.61 Å². The van der Waals surface area contributed by atoms with Gasteiger partial charge in [0.1, 0.15) is 5.75 Å². The molecule has 2 aliphatic rings. The molecule has 0 amide bonds. The summed E-state index contributed by atoms with van der Waals surface area (Å²) in [5.74, 6) is 10.9. The average molecular weight is 421 g/mol. The van der Waals surface area contributed by atoms with Crippen LogP contribution >= 0.6 is 0 Å². The minimum absolute atomic E-state index is 0.583. The van der Waals surface area contributed by atoms with Gasteiger partial charge in [-0.25, -0.2) is 0 Å². The Kier molecular flexibility index (Phi) is 10.6. The van der Waals surface area contributed by atoms with E-state index in [4.69, 9.17) is 4.74 Å². The normalized spacial score (nSPS) is 26.4. The van der Waals surface area contributed by atoms with Gasteiger partial charge in [0, 0.05) is 5.92 Å². The molecule has 0 bridgehead atoms. The maximum Gasteiger partial charge on any atom is 0.119 e. The topological polar surface area (TPSA) is 9.23 Å². The van der Waals surface area contributed by atoms with Gasteiger partial charge in [0.2, 0.25) is 0 Å². The van der Waals surface area contributed by atoms with E-state index in [1.165, 1.54) is 89.0 Å². The number of aryl methyl sites for hydroxylation is 1. The molecular weight excluding hydrogens is 376 g/mol. The molecule has 2 fully saturated rings. The van der Waals surface area contributed by atoms with E-state index in [9.17, 15) is 0 Å². The van der Waals surface area contributed by atoms with Crippen molar-refractivity contribution in [2.45, 2.75) is 97.3 Å². The first-order chi connectivity index (χ1) is 15.3. The van der Waals surface area contributed by atoms with Crippen LogP contribution in [-0.2, 0) is 6.42 Å². The first kappa shape index (κ1) is 24.0. The molecule has 2 aliphatic carbocycles. The van der Waals surface area contributed by atoms with Gasteiger partial charge in [0.15, 0.2) is 0 Å². The summed E-state index contributed by atoms with van der Waals surface area (Å²) in [7, 11) is 0. The minimum Gasteiger partial charge on any atom is -0.493 e. The molecule has 3 rings (SSSR count). The Bertz CT molecular complexity index is 688. The highest BCUT2D eigenvalue weighted by Gasteiger charge is 2.20. The monoisotopic (exact) mass is 420 g/mol. The molecule has 0 aromatic heterocycles. The van der Waals surface area contributed by atoms with Gasteiger partial charge in [0.25, 0.3) is 0 Å². The lowest BCUT2D eigenvalue weighted by Crippen LogP contribution is -2.19. The maximum absolute atomic E-state index is 6.10. The molecule has 0 heterocycles. The lowest BCUT2D eigenvalue weighted by molar-refractivity contribution is 0.196. The first-order valence-corrected chi connectivity index (χ1v) is 13.2. The molecule has 0 radical (unpaired) electrons. The summed E-state index contributed by atoms with van der Waals surface area (Å²) in [6.45, 7) is 5.45. The van der Waals surface area contributed by atoms with Crippen LogP contribution in [0.15, 0.2) is 36.4 Å². The van der Waals surface area contributed by atoms with Crippen molar-refractivity contribution < 1.29 is 4.74 Å². The van der Waals surface area contributed by atoms with Crippen molar-refractivity contribution in [2.24, 2.45) is 23.7 Å². The molecule has 1 aromatic carbocycles. The van der Waals surface area contributed by atoms with Gasteiger partial charge in [-0.05, 0) is 106 Å². The summed E-state index contributed by atoms with van der Waals surface area (Å²) >= 11 is 0. The van der Waals surface area contributed by atoms with Crippen LogP contribution in [0.5, 0.6) is 5.75 Å². The van der Waals surface area contributed by atoms with Crippen molar-refractivity contribution >= 4 is 0 Å². The molecular formula is C30H44O. The van der Waals surface area contributed by atoms with Crippen LogP contribution < -0.4 is 4.74 Å². The highest BCUT2D eigenvalue weighted by atomic mass is 16.5. The van der Waals surface area contributed by atoms with E-state index in [1.807, 2.05) is 0 Å². The SMILES string of the molecule is CCCCCc1ccc(OC[C@H]2CC[C@H](C#C/C=C/[C@H]3CC[C@H](CC)CC3)CC2)cc1. The summed E-state index contributed by atoms with van der Waals surface area (Å²) in [5, 5.41) is 0. The Morgan fingerprint density at radius 2 is 1.58 bits per heavy atom. The average Bonchev–Trinajstić information content (AvgIpc) is 2.82. The van der Waals surface area contributed by atoms with Gasteiger partial charge in [-0.1, -0.05) is 63.2 Å². The zero-order valence-corrected chi connectivity index (χ0v) is 20.1. The summed E-state index contributed by atoms with van der Waals surface area (Å²) < 4.78 is 6.10. The van der Waals surface area contributed by atoms with Crippen molar-refractivity contribution in [2.75, 3.05) is 6.61 Å². The Labute approximate surface area is 192 Å². The second-order valence-electron chi connectivity index (χ2n) is 9.97. The molecule has 0 atom stereocenters. The number of rotatable bonds is 9. The van der Waals surface area contributed by atoms with Crippen LogP contribution in [0, 0.1) is 35.5 Å². The Balaban J connectivity index is 1.30. The van der Waals surface area contributed by atoms with E-state index in [1.54, 1.807) is 0 Å². The van der Waals surface area contributed by atoms with E-state index in [-0.39, 0.29) is 0 Å². The lowest BCUT2D eigenvalue weighted by atomic mass is 9.81. The van der Waals surface area contributed by atoms with Crippen LogP contribution in [0.3, 0.4) is 0 Å². The third-order valence-electron chi connectivity index (χ3n) is 7.53. The standard InChI is InChI=1S/C30H44O/c1-3-5-6-9-28-20-22-30(23-21-28)31-24-29-18-16-27(17-19-29)11-8-7-10-26-14-12-25(4-2)13-15-26/h7,10,20-23,25-27,29H,3-6,9,12-19,24H2,1-2H3/b10-7+/t25-,26-,27-,29-. The molecule has 1 nitrogen and oxygen atoms in total. The maximum atomic E-state index is 6.10. The van der Waals surface area contributed by atoms with Gasteiger partial charge < -0.3 is 4.74 Å². The fraction of sp³-hybridized carbons (Fsp3) is 0.667. The molecule has 2 saturated carbocycles. The van der Waals surface area contributed by atoms with E-state index in [2.05, 4.69) is 62.1 Å². The molecule has 0 aliphatic heterocycles. The fourth-order valence-electron chi connectivity index (χ4n) is 5.16. The predicted molar refractivity (Wildman–Crippen MR) is 133 cm³/mol. The highest BCUT2D eigenvalue weighted by Crippen LogP contribution is 2.31. The second kappa shape index (κ2) is 13.7. The molecule has 1 heteroatoms. The van der Waals surface area contributed by atoms with Gasteiger partial charge >= 0.3 is 0 Å². The minimum atomic E-state index is 0.583. The smallest absolute Gasteiger partial charge is 0.119 e. The fourth-order valence-corrected chi connectivity index (χ4v) is 5.16. The zero-order valence-electron chi connectivity index (χ0n) is 20.1. The van der Waals surface area contributed by atoms with Crippen LogP contribution in [0.2, 0.25) is 0 Å². The number of allylic oxidation sites excluding steroid dienone is 2. The number of hydrogen-bond acceptors (Lipinski definition) is 1. The molecule has 0 unspecified atom stereocenters. The molecule has 0 spiro atoms. The first-order valence-electron chi connectivity index (χ1n) is 13.2. The van der Waals surface area contributed by atoms with Gasteiger partial charge in [-0.15, -0.1) is 0 Å². The van der Waals surface area contributed by atoms with E-state index in [0.717, 1.165) is 24.2 Å². The number of hydrogen-bond donors (Lipinski definition) is 0. The van der Waals surface area contributed by atoms with Crippen molar-refractivity contribution in [3.63, 3.8) is 0 Å². The van der Waals surface area contributed by atoms with Crippen molar-refractivity contribution in [1.29, 1.82) is 0 Å². The zero-order chi connectivity index (χ0) is 21.7. The largest absolute Gasteiger partial charge is 0.493 e. The molecule has 0 N–H and O–H groups in total. The van der Waals surface area contributed by atoms with Crippen LogP contribution in [0.4, 0.5) is 0 Å². The van der Waals surface area contributed by atoms with Crippen molar-refractivity contribution in [3.05, 3.63) is 42.0 Å². The highest BCUT2D eigenvalue weighted by molar-refractivity contribution is 5.27. The molecule has 1 aromatic rings. The summed E-state index contributed by atoms with van der Waals surface area (Å²) in [6.07, 6.45) is 21.5. The van der Waals surface area contributed by atoms with Gasteiger partial charge in [-0.2, -0.15) is 0 Å². The number of benzene rings is 1. The van der Waals surface area contributed by atoms with E-state index in [0.29, 0.717) is 11.8 Å². The summed E-state index contributed by atoms with van der Waals surface area (Å²) in [6, 6.07) is 8.78. The lowest BCUT2D eigenvalue weighted by Gasteiger charge is -2.25. The van der Waals surface area contributed by atoms with Crippen LogP contribution in [0.1, 0.15) is 96.5 Å². The van der Waals surface area contributed by atoms with Gasteiger partial charge in [-0.3, -0.25) is 0 Å². The number of unbranched alkanes of at least 4 members (excludes halogenated alkanes) is 2. The second-order valence-corrected chi connectivity index (χ2v) is 9.97.